The zero-order chi connectivity index (χ0) is 19.7. The molecule has 144 valence electrons. The Balaban J connectivity index is 1.89. The minimum absolute atomic E-state index is 0.154. The number of rotatable bonds is 7. The Labute approximate surface area is 162 Å². The summed E-state index contributed by atoms with van der Waals surface area (Å²) in [5.41, 5.74) is 1.34. The molecule has 28 heavy (non-hydrogen) atoms. The summed E-state index contributed by atoms with van der Waals surface area (Å²) in [4.78, 5) is 16.4. The van der Waals surface area contributed by atoms with Crippen molar-refractivity contribution in [3.05, 3.63) is 58.7 Å². The summed E-state index contributed by atoms with van der Waals surface area (Å²) in [5, 5.41) is 15.5. The van der Waals surface area contributed by atoms with Crippen LogP contribution in [0.4, 0.5) is 5.69 Å². The lowest BCUT2D eigenvalue weighted by atomic mass is 10.1. The molecular weight excluding hydrogens is 354 g/mol. The van der Waals surface area contributed by atoms with Crippen LogP contribution in [-0.4, -0.2) is 14.7 Å². The van der Waals surface area contributed by atoms with E-state index in [4.69, 9.17) is 9.40 Å². The minimum Gasteiger partial charge on any atom is -0.505 e. The van der Waals surface area contributed by atoms with Crippen LogP contribution in [0.15, 0.2) is 46.0 Å². The summed E-state index contributed by atoms with van der Waals surface area (Å²) in [5.74, 6) is 2.76. The number of hydrogen-bond acceptors (Lipinski definition) is 5. The third-order valence-electron chi connectivity index (χ3n) is 5.15. The number of unbranched alkanes of at least 4 members (excludes halogenated alkanes) is 1. The molecule has 6 nitrogen and oxygen atoms in total. The van der Waals surface area contributed by atoms with Gasteiger partial charge in [0.1, 0.15) is 39.8 Å². The SMILES string of the molecule is CCCCn1c(CCc2ccc(C)o2)nc2c(N=O)c3ccccc3c(O)c21. The molecule has 0 radical (unpaired) electrons. The largest absolute Gasteiger partial charge is 0.505 e. The smallest absolute Gasteiger partial charge is 0.149 e. The second-order valence-electron chi connectivity index (χ2n) is 7.08. The van der Waals surface area contributed by atoms with Crippen LogP contribution >= 0.6 is 0 Å². The Morgan fingerprint density at radius 2 is 1.93 bits per heavy atom. The van der Waals surface area contributed by atoms with Gasteiger partial charge in [0, 0.05) is 30.2 Å². The summed E-state index contributed by atoms with van der Waals surface area (Å²) in [6, 6.07) is 11.2. The van der Waals surface area contributed by atoms with Gasteiger partial charge in [0.2, 0.25) is 0 Å². The van der Waals surface area contributed by atoms with E-state index in [0.29, 0.717) is 34.6 Å². The Bertz CT molecular complexity index is 1160. The first-order valence-corrected chi connectivity index (χ1v) is 9.65. The number of nitrogens with zero attached hydrogens (tertiary/aromatic N) is 3. The maximum atomic E-state index is 11.7. The van der Waals surface area contributed by atoms with Gasteiger partial charge >= 0.3 is 0 Å². The second-order valence-corrected chi connectivity index (χ2v) is 7.08. The number of nitroso groups, excluding NO2 is 1. The van der Waals surface area contributed by atoms with Gasteiger partial charge in [0.05, 0.1) is 0 Å². The Kier molecular flexibility index (Phi) is 4.86. The molecule has 0 amide bonds. The van der Waals surface area contributed by atoms with Crippen molar-refractivity contribution in [3.63, 3.8) is 0 Å². The molecule has 0 saturated heterocycles. The van der Waals surface area contributed by atoms with Gasteiger partial charge in [-0.15, -0.1) is 4.91 Å². The first kappa shape index (κ1) is 18.2. The molecule has 0 unspecified atom stereocenters. The van der Waals surface area contributed by atoms with Gasteiger partial charge in [-0.1, -0.05) is 37.6 Å². The molecule has 0 saturated carbocycles. The molecule has 6 heteroatoms. The monoisotopic (exact) mass is 377 g/mol. The number of fused-ring (bicyclic) bond motifs is 2. The van der Waals surface area contributed by atoms with E-state index in [0.717, 1.165) is 36.7 Å². The fraction of sp³-hybridized carbons (Fsp3) is 0.318. The molecule has 2 heterocycles. The van der Waals surface area contributed by atoms with E-state index in [-0.39, 0.29) is 11.4 Å². The minimum atomic E-state index is 0.154. The fourth-order valence-corrected chi connectivity index (χ4v) is 3.75. The van der Waals surface area contributed by atoms with Gasteiger partial charge < -0.3 is 14.1 Å². The lowest BCUT2D eigenvalue weighted by Crippen LogP contribution is -2.05. The van der Waals surface area contributed by atoms with E-state index in [1.54, 1.807) is 12.1 Å². The molecule has 0 aliphatic carbocycles. The van der Waals surface area contributed by atoms with Gasteiger partial charge in [0.15, 0.2) is 0 Å². The zero-order valence-corrected chi connectivity index (χ0v) is 16.1. The van der Waals surface area contributed by atoms with Crippen molar-refractivity contribution in [2.75, 3.05) is 0 Å². The van der Waals surface area contributed by atoms with E-state index >= 15 is 0 Å². The van der Waals surface area contributed by atoms with Crippen LogP contribution < -0.4 is 0 Å². The van der Waals surface area contributed by atoms with Gasteiger partial charge in [-0.3, -0.25) is 0 Å². The van der Waals surface area contributed by atoms with Gasteiger partial charge in [-0.2, -0.15) is 0 Å². The maximum absolute atomic E-state index is 11.7. The molecule has 2 aromatic carbocycles. The predicted octanol–water partition coefficient (Wildman–Crippen LogP) is 5.78. The summed E-state index contributed by atoms with van der Waals surface area (Å²) in [7, 11) is 0. The third kappa shape index (κ3) is 3.05. The van der Waals surface area contributed by atoms with Crippen LogP contribution in [0.1, 0.15) is 37.1 Å². The van der Waals surface area contributed by atoms with Crippen LogP contribution in [0.5, 0.6) is 5.75 Å². The molecule has 0 spiro atoms. The summed E-state index contributed by atoms with van der Waals surface area (Å²) in [6.45, 7) is 4.77. The molecular formula is C22H23N3O3. The van der Waals surface area contributed by atoms with Crippen molar-refractivity contribution < 1.29 is 9.52 Å². The van der Waals surface area contributed by atoms with Crippen LogP contribution in [0.2, 0.25) is 0 Å². The molecule has 1 N–H and O–H groups in total. The fourth-order valence-electron chi connectivity index (χ4n) is 3.75. The van der Waals surface area contributed by atoms with Crippen molar-refractivity contribution in [3.8, 4) is 5.75 Å². The van der Waals surface area contributed by atoms with Gasteiger partial charge in [0.25, 0.3) is 0 Å². The summed E-state index contributed by atoms with van der Waals surface area (Å²) < 4.78 is 7.71. The molecule has 0 aliphatic rings. The molecule has 0 fully saturated rings. The van der Waals surface area contributed by atoms with E-state index in [2.05, 4.69) is 12.1 Å². The molecule has 4 rings (SSSR count). The normalized spacial score (nSPS) is 11.5. The Morgan fingerprint density at radius 3 is 2.61 bits per heavy atom. The Hall–Kier alpha value is -3.15. The third-order valence-corrected chi connectivity index (χ3v) is 5.15. The lowest BCUT2D eigenvalue weighted by Gasteiger charge is -2.11. The average Bonchev–Trinajstić information content (AvgIpc) is 3.28. The van der Waals surface area contributed by atoms with Crippen molar-refractivity contribution in [1.82, 2.24) is 9.55 Å². The van der Waals surface area contributed by atoms with E-state index in [1.807, 2.05) is 35.8 Å². The maximum Gasteiger partial charge on any atom is 0.149 e. The highest BCUT2D eigenvalue weighted by Crippen LogP contribution is 2.42. The topological polar surface area (TPSA) is 80.6 Å². The number of furan rings is 1. The van der Waals surface area contributed by atoms with Crippen LogP contribution in [0.3, 0.4) is 0 Å². The quantitative estimate of drug-likeness (QED) is 0.414. The number of aromatic nitrogens is 2. The zero-order valence-electron chi connectivity index (χ0n) is 16.1. The number of hydrogen-bond donors (Lipinski definition) is 1. The highest BCUT2D eigenvalue weighted by Gasteiger charge is 2.22. The number of aromatic hydroxyl groups is 1. The van der Waals surface area contributed by atoms with Crippen LogP contribution in [-0.2, 0) is 19.4 Å². The molecule has 2 aromatic heterocycles. The van der Waals surface area contributed by atoms with E-state index < -0.39 is 0 Å². The van der Waals surface area contributed by atoms with Crippen LogP contribution in [0, 0.1) is 11.8 Å². The average molecular weight is 377 g/mol. The first-order chi connectivity index (χ1) is 13.6. The summed E-state index contributed by atoms with van der Waals surface area (Å²) >= 11 is 0. The Morgan fingerprint density at radius 1 is 1.14 bits per heavy atom. The number of phenols is 1. The van der Waals surface area contributed by atoms with Crippen molar-refractivity contribution in [2.45, 2.75) is 46.1 Å². The summed E-state index contributed by atoms with van der Waals surface area (Å²) in [6.07, 6.45) is 3.32. The van der Waals surface area contributed by atoms with E-state index in [1.165, 1.54) is 0 Å². The molecule has 0 atom stereocenters. The first-order valence-electron chi connectivity index (χ1n) is 9.65. The highest BCUT2D eigenvalue weighted by molar-refractivity contribution is 6.12. The van der Waals surface area contributed by atoms with Crippen molar-refractivity contribution in [1.29, 1.82) is 0 Å². The van der Waals surface area contributed by atoms with Crippen molar-refractivity contribution in [2.24, 2.45) is 5.18 Å². The van der Waals surface area contributed by atoms with Gasteiger partial charge in [-0.05, 0) is 30.7 Å². The number of aryl methyl sites for hydroxylation is 4. The van der Waals surface area contributed by atoms with E-state index in [9.17, 15) is 10.0 Å². The number of phenolic OH excluding ortho intramolecular Hbond substituents is 1. The number of imidazole rings is 1. The number of benzene rings is 2. The highest BCUT2D eigenvalue weighted by atomic mass is 16.3. The van der Waals surface area contributed by atoms with Crippen LogP contribution in [0.25, 0.3) is 21.8 Å². The van der Waals surface area contributed by atoms with Gasteiger partial charge in [-0.25, -0.2) is 4.98 Å². The molecule has 4 aromatic rings. The van der Waals surface area contributed by atoms with Crippen molar-refractivity contribution >= 4 is 27.5 Å². The molecule has 0 bridgehead atoms. The standard InChI is InChI=1S/C22H23N3O3/c1-3-4-13-25-18(12-11-15-10-9-14(2)28-15)23-20-19(24-27)16-7-5-6-8-17(16)22(26)21(20)25/h5-10,26H,3-4,11-13H2,1-2H3. The lowest BCUT2D eigenvalue weighted by molar-refractivity contribution is 0.475. The predicted molar refractivity (Wildman–Crippen MR) is 110 cm³/mol. The molecule has 0 aliphatic heterocycles. The second kappa shape index (κ2) is 7.46.